The van der Waals surface area contributed by atoms with Gasteiger partial charge in [-0.05, 0) is 30.3 Å². The van der Waals surface area contributed by atoms with Gasteiger partial charge >= 0.3 is 0 Å². The van der Waals surface area contributed by atoms with Crippen molar-refractivity contribution in [2.24, 2.45) is 0 Å². The molecule has 0 saturated heterocycles. The largest absolute Gasteiger partial charge is 0.369 e. The van der Waals surface area contributed by atoms with E-state index >= 15 is 0 Å². The summed E-state index contributed by atoms with van der Waals surface area (Å²) in [5, 5.41) is 0. The molecule has 0 spiro atoms. The summed E-state index contributed by atoms with van der Waals surface area (Å²) in [6, 6.07) is 9.77. The summed E-state index contributed by atoms with van der Waals surface area (Å²) in [6.07, 6.45) is 1.74. The van der Waals surface area contributed by atoms with Gasteiger partial charge in [-0.3, -0.25) is 4.57 Å². The van der Waals surface area contributed by atoms with Crippen molar-refractivity contribution in [3.8, 4) is 5.69 Å². The zero-order chi connectivity index (χ0) is 12.8. The normalized spacial score (nSPS) is 11.4. The number of anilines is 1. The molecule has 3 aromatic heterocycles. The van der Waals surface area contributed by atoms with Crippen LogP contribution in [0.15, 0.2) is 42.0 Å². The molecular weight excluding hydrogens is 258 g/mol. The monoisotopic (exact) mass is 267 g/mol. The first-order chi connectivity index (χ1) is 9.33. The van der Waals surface area contributed by atoms with Gasteiger partial charge in [0.15, 0.2) is 5.65 Å². The quantitative estimate of drug-likeness (QED) is 0.575. The van der Waals surface area contributed by atoms with Gasteiger partial charge in [0, 0.05) is 6.20 Å². The SMILES string of the molecule is Nc1nc2cccnc2n1-c1ccc2ncsc2c1. The number of thiazole rings is 1. The Hall–Kier alpha value is -2.47. The number of hydrogen-bond acceptors (Lipinski definition) is 5. The first kappa shape index (κ1) is 10.5. The lowest BCUT2D eigenvalue weighted by Crippen LogP contribution is -2.01. The Morgan fingerprint density at radius 3 is 3.00 bits per heavy atom. The Kier molecular flexibility index (Phi) is 2.07. The van der Waals surface area contributed by atoms with E-state index in [1.165, 1.54) is 0 Å². The van der Waals surface area contributed by atoms with Crippen LogP contribution in [0, 0.1) is 0 Å². The predicted molar refractivity (Wildman–Crippen MR) is 76.5 cm³/mol. The van der Waals surface area contributed by atoms with Crippen LogP contribution in [0.3, 0.4) is 0 Å². The molecule has 5 nitrogen and oxygen atoms in total. The summed E-state index contributed by atoms with van der Waals surface area (Å²) in [7, 11) is 0. The first-order valence-corrected chi connectivity index (χ1v) is 6.63. The molecule has 0 saturated carbocycles. The number of nitrogens with two attached hydrogens (primary N) is 1. The topological polar surface area (TPSA) is 69.6 Å². The van der Waals surface area contributed by atoms with E-state index in [4.69, 9.17) is 5.73 Å². The lowest BCUT2D eigenvalue weighted by atomic mass is 10.3. The van der Waals surface area contributed by atoms with Crippen molar-refractivity contribution >= 4 is 38.7 Å². The molecule has 3 heterocycles. The minimum absolute atomic E-state index is 0.442. The molecule has 0 aliphatic rings. The standard InChI is InChI=1S/C13H9N5S/c14-13-17-10-2-1-5-15-12(10)18(13)8-3-4-9-11(6-8)19-7-16-9/h1-7H,(H2,14,17). The number of nitrogens with zero attached hydrogens (tertiary/aromatic N) is 4. The molecule has 0 radical (unpaired) electrons. The highest BCUT2D eigenvalue weighted by atomic mass is 32.1. The minimum Gasteiger partial charge on any atom is -0.369 e. The second-order valence-corrected chi connectivity index (χ2v) is 5.04. The fraction of sp³-hybridized carbons (Fsp3) is 0. The van der Waals surface area contributed by atoms with Gasteiger partial charge in [0.1, 0.15) is 5.52 Å². The number of pyridine rings is 1. The van der Waals surface area contributed by atoms with Gasteiger partial charge < -0.3 is 5.73 Å². The summed E-state index contributed by atoms with van der Waals surface area (Å²) < 4.78 is 2.98. The van der Waals surface area contributed by atoms with E-state index in [1.54, 1.807) is 17.5 Å². The second kappa shape index (κ2) is 3.76. The Bertz CT molecular complexity index is 892. The molecule has 0 bridgehead atoms. The van der Waals surface area contributed by atoms with Crippen molar-refractivity contribution < 1.29 is 0 Å². The van der Waals surface area contributed by atoms with Crippen LogP contribution in [0.2, 0.25) is 0 Å². The van der Waals surface area contributed by atoms with Crippen molar-refractivity contribution in [3.05, 3.63) is 42.0 Å². The molecule has 0 aliphatic heterocycles. The van der Waals surface area contributed by atoms with Crippen LogP contribution in [0.5, 0.6) is 0 Å². The predicted octanol–water partition coefficient (Wildman–Crippen LogP) is 2.61. The van der Waals surface area contributed by atoms with Crippen LogP contribution in [-0.4, -0.2) is 19.5 Å². The average molecular weight is 267 g/mol. The summed E-state index contributed by atoms with van der Waals surface area (Å²) in [4.78, 5) is 13.0. The van der Waals surface area contributed by atoms with E-state index in [-0.39, 0.29) is 0 Å². The van der Waals surface area contributed by atoms with E-state index in [0.717, 1.165) is 27.1 Å². The maximum absolute atomic E-state index is 6.00. The lowest BCUT2D eigenvalue weighted by molar-refractivity contribution is 1.09. The van der Waals surface area contributed by atoms with Gasteiger partial charge in [-0.15, -0.1) is 11.3 Å². The van der Waals surface area contributed by atoms with E-state index in [1.807, 2.05) is 34.3 Å². The third-order valence-electron chi connectivity index (χ3n) is 3.02. The Morgan fingerprint density at radius 1 is 1.11 bits per heavy atom. The molecule has 4 rings (SSSR count). The van der Waals surface area contributed by atoms with Crippen molar-refractivity contribution in [2.45, 2.75) is 0 Å². The molecule has 0 atom stereocenters. The smallest absolute Gasteiger partial charge is 0.207 e. The van der Waals surface area contributed by atoms with Crippen LogP contribution in [0.25, 0.3) is 27.1 Å². The minimum atomic E-state index is 0.442. The van der Waals surface area contributed by atoms with E-state index in [0.29, 0.717) is 5.95 Å². The van der Waals surface area contributed by atoms with Gasteiger partial charge in [0.2, 0.25) is 5.95 Å². The molecule has 0 aliphatic carbocycles. The molecule has 2 N–H and O–H groups in total. The number of benzene rings is 1. The highest BCUT2D eigenvalue weighted by Crippen LogP contribution is 2.25. The molecule has 0 fully saturated rings. The highest BCUT2D eigenvalue weighted by molar-refractivity contribution is 7.16. The number of aromatic nitrogens is 4. The maximum Gasteiger partial charge on any atom is 0.207 e. The first-order valence-electron chi connectivity index (χ1n) is 5.75. The maximum atomic E-state index is 6.00. The van der Waals surface area contributed by atoms with E-state index < -0.39 is 0 Å². The summed E-state index contributed by atoms with van der Waals surface area (Å²) in [5.41, 5.74) is 11.3. The van der Waals surface area contributed by atoms with Gasteiger partial charge in [-0.2, -0.15) is 0 Å². The number of rotatable bonds is 1. The molecule has 1 aromatic carbocycles. The number of nitrogen functional groups attached to an aromatic ring is 1. The van der Waals surface area contributed by atoms with Crippen LogP contribution < -0.4 is 5.73 Å². The summed E-state index contributed by atoms with van der Waals surface area (Å²) >= 11 is 1.60. The van der Waals surface area contributed by atoms with Crippen molar-refractivity contribution in [3.63, 3.8) is 0 Å². The lowest BCUT2D eigenvalue weighted by Gasteiger charge is -2.05. The molecule has 4 aromatic rings. The van der Waals surface area contributed by atoms with Crippen LogP contribution in [-0.2, 0) is 0 Å². The number of fused-ring (bicyclic) bond motifs is 2. The van der Waals surface area contributed by atoms with Crippen molar-refractivity contribution in [2.75, 3.05) is 5.73 Å². The van der Waals surface area contributed by atoms with Gasteiger partial charge in [-0.1, -0.05) is 0 Å². The Balaban J connectivity index is 2.05. The van der Waals surface area contributed by atoms with Crippen LogP contribution in [0.4, 0.5) is 5.95 Å². The third kappa shape index (κ3) is 1.50. The van der Waals surface area contributed by atoms with Gasteiger partial charge in [0.05, 0.1) is 21.4 Å². The zero-order valence-electron chi connectivity index (χ0n) is 9.82. The third-order valence-corrected chi connectivity index (χ3v) is 3.81. The highest BCUT2D eigenvalue weighted by Gasteiger charge is 2.11. The second-order valence-electron chi connectivity index (χ2n) is 4.16. The average Bonchev–Trinajstić information content (AvgIpc) is 3.00. The van der Waals surface area contributed by atoms with Gasteiger partial charge in [0.25, 0.3) is 0 Å². The summed E-state index contributed by atoms with van der Waals surface area (Å²) in [5.74, 6) is 0.442. The zero-order valence-corrected chi connectivity index (χ0v) is 10.6. The van der Waals surface area contributed by atoms with Crippen molar-refractivity contribution in [1.29, 1.82) is 0 Å². The Labute approximate surface area is 112 Å². The molecule has 0 unspecified atom stereocenters. The fourth-order valence-electron chi connectivity index (χ4n) is 2.17. The van der Waals surface area contributed by atoms with Crippen molar-refractivity contribution in [1.82, 2.24) is 19.5 Å². The summed E-state index contributed by atoms with van der Waals surface area (Å²) in [6.45, 7) is 0. The van der Waals surface area contributed by atoms with E-state index in [9.17, 15) is 0 Å². The van der Waals surface area contributed by atoms with Crippen LogP contribution in [0.1, 0.15) is 0 Å². The van der Waals surface area contributed by atoms with Crippen LogP contribution >= 0.6 is 11.3 Å². The molecule has 6 heteroatoms. The molecule has 92 valence electrons. The number of hydrogen-bond donors (Lipinski definition) is 1. The fourth-order valence-corrected chi connectivity index (χ4v) is 2.88. The molecule has 0 amide bonds. The number of imidazole rings is 1. The Morgan fingerprint density at radius 2 is 2.05 bits per heavy atom. The van der Waals surface area contributed by atoms with Gasteiger partial charge in [-0.25, -0.2) is 15.0 Å². The molecule has 19 heavy (non-hydrogen) atoms. The van der Waals surface area contributed by atoms with E-state index in [2.05, 4.69) is 21.0 Å². The molecular formula is C13H9N5S.